The fourth-order valence-electron chi connectivity index (χ4n) is 1.41. The van der Waals surface area contributed by atoms with Crippen molar-refractivity contribution >= 4 is 23.1 Å². The van der Waals surface area contributed by atoms with Crippen LogP contribution in [0.25, 0.3) is 0 Å². The molecule has 1 unspecified atom stereocenters. The third-order valence-electron chi connectivity index (χ3n) is 2.31. The summed E-state index contributed by atoms with van der Waals surface area (Å²) < 4.78 is 0. The van der Waals surface area contributed by atoms with Gasteiger partial charge in [-0.3, -0.25) is 11.3 Å². The standard InChI is InChI=1S/C12H14N2S2/c13-14-12(10-6-7-15-8-10)9-16-11-4-2-1-3-5-11/h1-8,12,14H,9,13H2. The van der Waals surface area contributed by atoms with Crippen molar-refractivity contribution in [3.63, 3.8) is 0 Å². The zero-order chi connectivity index (χ0) is 11.2. The fourth-order valence-corrected chi connectivity index (χ4v) is 3.12. The summed E-state index contributed by atoms with van der Waals surface area (Å²) in [4.78, 5) is 1.28. The van der Waals surface area contributed by atoms with E-state index in [0.717, 1.165) is 5.75 Å². The Kier molecular flexibility index (Phi) is 4.42. The first-order valence-electron chi connectivity index (χ1n) is 5.06. The highest BCUT2D eigenvalue weighted by Crippen LogP contribution is 2.25. The van der Waals surface area contributed by atoms with Gasteiger partial charge in [-0.05, 0) is 34.5 Å². The summed E-state index contributed by atoms with van der Waals surface area (Å²) in [7, 11) is 0. The molecule has 0 bridgehead atoms. The van der Waals surface area contributed by atoms with Crippen LogP contribution < -0.4 is 11.3 Å². The van der Waals surface area contributed by atoms with Crippen LogP contribution in [0.3, 0.4) is 0 Å². The average molecular weight is 250 g/mol. The van der Waals surface area contributed by atoms with Crippen LogP contribution in [0.2, 0.25) is 0 Å². The van der Waals surface area contributed by atoms with Gasteiger partial charge in [-0.15, -0.1) is 11.8 Å². The molecule has 1 atom stereocenters. The molecule has 84 valence electrons. The summed E-state index contributed by atoms with van der Waals surface area (Å²) in [6, 6.07) is 12.7. The number of hydrogen-bond acceptors (Lipinski definition) is 4. The molecule has 1 aromatic heterocycles. The molecule has 2 aromatic rings. The van der Waals surface area contributed by atoms with Gasteiger partial charge >= 0.3 is 0 Å². The normalized spacial score (nSPS) is 12.6. The quantitative estimate of drug-likeness (QED) is 0.486. The summed E-state index contributed by atoms with van der Waals surface area (Å²) in [5.41, 5.74) is 4.12. The minimum atomic E-state index is 0.219. The molecule has 1 heterocycles. The van der Waals surface area contributed by atoms with Crippen molar-refractivity contribution in [1.29, 1.82) is 0 Å². The first kappa shape index (κ1) is 11.7. The van der Waals surface area contributed by atoms with Crippen molar-refractivity contribution in [2.75, 3.05) is 5.75 Å². The summed E-state index contributed by atoms with van der Waals surface area (Å²) in [5, 5.41) is 4.21. The van der Waals surface area contributed by atoms with E-state index in [9.17, 15) is 0 Å². The number of benzene rings is 1. The number of nitrogens with two attached hydrogens (primary N) is 1. The average Bonchev–Trinajstić information content (AvgIpc) is 2.85. The molecule has 2 nitrogen and oxygen atoms in total. The van der Waals surface area contributed by atoms with Crippen LogP contribution in [0.15, 0.2) is 52.1 Å². The maximum Gasteiger partial charge on any atom is 0.0562 e. The lowest BCUT2D eigenvalue weighted by Gasteiger charge is -2.13. The highest BCUT2D eigenvalue weighted by molar-refractivity contribution is 7.99. The largest absolute Gasteiger partial charge is 0.271 e. The number of rotatable bonds is 5. The van der Waals surface area contributed by atoms with Crippen LogP contribution in [-0.4, -0.2) is 5.75 Å². The Morgan fingerprint density at radius 1 is 1.25 bits per heavy atom. The van der Waals surface area contributed by atoms with E-state index in [0.29, 0.717) is 0 Å². The molecule has 16 heavy (non-hydrogen) atoms. The smallest absolute Gasteiger partial charge is 0.0562 e. The number of thioether (sulfide) groups is 1. The molecule has 0 fully saturated rings. The second-order valence-corrected chi connectivity index (χ2v) is 5.27. The molecule has 0 aliphatic heterocycles. The third kappa shape index (κ3) is 3.09. The molecule has 2 rings (SSSR count). The molecule has 0 radical (unpaired) electrons. The second kappa shape index (κ2) is 6.06. The highest BCUT2D eigenvalue weighted by Gasteiger charge is 2.09. The number of hydrogen-bond donors (Lipinski definition) is 2. The Morgan fingerprint density at radius 2 is 2.06 bits per heavy atom. The van der Waals surface area contributed by atoms with Crippen LogP contribution in [0.1, 0.15) is 11.6 Å². The first-order valence-corrected chi connectivity index (χ1v) is 6.99. The van der Waals surface area contributed by atoms with Crippen LogP contribution in [-0.2, 0) is 0 Å². The van der Waals surface area contributed by atoms with Gasteiger partial charge < -0.3 is 0 Å². The molecule has 4 heteroatoms. The molecule has 0 saturated carbocycles. The second-order valence-electron chi connectivity index (χ2n) is 3.40. The Morgan fingerprint density at radius 3 is 2.69 bits per heavy atom. The monoisotopic (exact) mass is 250 g/mol. The molecule has 0 aliphatic carbocycles. The van der Waals surface area contributed by atoms with Crippen molar-refractivity contribution in [3.8, 4) is 0 Å². The maximum absolute atomic E-state index is 5.57. The van der Waals surface area contributed by atoms with Gasteiger partial charge in [0.1, 0.15) is 0 Å². The molecule has 0 saturated heterocycles. The summed E-state index contributed by atoms with van der Waals surface area (Å²) in [5.74, 6) is 6.51. The third-order valence-corrected chi connectivity index (χ3v) is 4.11. The number of thiophene rings is 1. The molecule has 0 amide bonds. The van der Waals surface area contributed by atoms with E-state index in [4.69, 9.17) is 5.84 Å². The van der Waals surface area contributed by atoms with E-state index in [1.54, 1.807) is 11.3 Å². The highest BCUT2D eigenvalue weighted by atomic mass is 32.2. The van der Waals surface area contributed by atoms with Gasteiger partial charge in [-0.25, -0.2) is 0 Å². The van der Waals surface area contributed by atoms with Crippen LogP contribution in [0.5, 0.6) is 0 Å². The van der Waals surface area contributed by atoms with Gasteiger partial charge in [0.25, 0.3) is 0 Å². The van der Waals surface area contributed by atoms with Gasteiger partial charge in [-0.1, -0.05) is 18.2 Å². The first-order chi connectivity index (χ1) is 7.90. The predicted molar refractivity (Wildman–Crippen MR) is 71.5 cm³/mol. The van der Waals surface area contributed by atoms with E-state index in [2.05, 4.69) is 46.5 Å². The van der Waals surface area contributed by atoms with Gasteiger partial charge in [0.15, 0.2) is 0 Å². The zero-order valence-corrected chi connectivity index (χ0v) is 10.4. The van der Waals surface area contributed by atoms with Crippen LogP contribution >= 0.6 is 23.1 Å². The van der Waals surface area contributed by atoms with Crippen molar-refractivity contribution in [2.24, 2.45) is 5.84 Å². The topological polar surface area (TPSA) is 38.0 Å². The summed E-state index contributed by atoms with van der Waals surface area (Å²) >= 11 is 3.51. The lowest BCUT2D eigenvalue weighted by molar-refractivity contribution is 0.612. The minimum absolute atomic E-state index is 0.219. The van der Waals surface area contributed by atoms with E-state index < -0.39 is 0 Å². The predicted octanol–water partition coefficient (Wildman–Crippen LogP) is 3.04. The van der Waals surface area contributed by atoms with Gasteiger partial charge in [-0.2, -0.15) is 11.3 Å². The Labute approximate surface area is 104 Å². The SMILES string of the molecule is NNC(CSc1ccccc1)c1ccsc1. The number of nitrogens with one attached hydrogen (secondary N) is 1. The van der Waals surface area contributed by atoms with Gasteiger partial charge in [0.05, 0.1) is 6.04 Å². The van der Waals surface area contributed by atoms with Crippen molar-refractivity contribution in [3.05, 3.63) is 52.7 Å². The minimum Gasteiger partial charge on any atom is -0.271 e. The lowest BCUT2D eigenvalue weighted by atomic mass is 10.2. The Bertz CT molecular complexity index is 400. The van der Waals surface area contributed by atoms with Crippen molar-refractivity contribution in [2.45, 2.75) is 10.9 Å². The molecule has 3 N–H and O–H groups in total. The summed E-state index contributed by atoms with van der Waals surface area (Å²) in [6.07, 6.45) is 0. The molecule has 0 spiro atoms. The Balaban J connectivity index is 1.94. The molecular formula is C12H14N2S2. The van der Waals surface area contributed by atoms with Crippen LogP contribution in [0.4, 0.5) is 0 Å². The van der Waals surface area contributed by atoms with Crippen molar-refractivity contribution in [1.82, 2.24) is 5.43 Å². The van der Waals surface area contributed by atoms with E-state index in [-0.39, 0.29) is 6.04 Å². The number of hydrazine groups is 1. The molecule has 1 aromatic carbocycles. The fraction of sp³-hybridized carbons (Fsp3) is 0.167. The zero-order valence-electron chi connectivity index (χ0n) is 8.80. The Hall–Kier alpha value is -0.810. The molecule has 0 aliphatic rings. The summed E-state index contributed by atoms with van der Waals surface area (Å²) in [6.45, 7) is 0. The van der Waals surface area contributed by atoms with Crippen LogP contribution in [0, 0.1) is 0 Å². The lowest BCUT2D eigenvalue weighted by Crippen LogP contribution is -2.29. The van der Waals surface area contributed by atoms with E-state index in [1.165, 1.54) is 10.5 Å². The van der Waals surface area contributed by atoms with E-state index in [1.807, 2.05) is 17.8 Å². The maximum atomic E-state index is 5.57. The molecular weight excluding hydrogens is 236 g/mol. The van der Waals surface area contributed by atoms with Gasteiger partial charge in [0, 0.05) is 10.6 Å². The van der Waals surface area contributed by atoms with Crippen molar-refractivity contribution < 1.29 is 0 Å². The van der Waals surface area contributed by atoms with Gasteiger partial charge in [0.2, 0.25) is 0 Å². The van der Waals surface area contributed by atoms with E-state index >= 15 is 0 Å².